The third-order valence-electron chi connectivity index (χ3n) is 4.28. The molecule has 2 aromatic carbocycles. The summed E-state index contributed by atoms with van der Waals surface area (Å²) in [5, 5.41) is 11.9. The van der Waals surface area contributed by atoms with Crippen LogP contribution in [0.25, 0.3) is 10.6 Å². The fourth-order valence-electron chi connectivity index (χ4n) is 2.92. The number of carbonyl (C=O) groups is 2. The van der Waals surface area contributed by atoms with Crippen LogP contribution in [0.1, 0.15) is 12.8 Å². The first-order chi connectivity index (χ1) is 13.7. The third kappa shape index (κ3) is 4.17. The summed E-state index contributed by atoms with van der Waals surface area (Å²) >= 11 is 1.31. The lowest BCUT2D eigenvalue weighted by atomic mass is 10.2. The minimum Gasteiger partial charge on any atom is -0.484 e. The smallest absolute Gasteiger partial charge is 0.264 e. The standard InChI is InChI=1S/C20H18N4O3S/c25-17(21-20-23-22-19(28-20)14-5-2-1-3-6-14)13-27-16-10-8-15(9-11-16)24-12-4-7-18(24)26/h1-3,5-6,8-11H,4,7,12-13H2,(H,21,23,25). The van der Waals surface area contributed by atoms with E-state index in [0.29, 0.717) is 17.3 Å². The SMILES string of the molecule is O=C(COc1ccc(N2CCCC2=O)cc1)Nc1nnc(-c2ccccc2)s1. The van der Waals surface area contributed by atoms with Gasteiger partial charge in [-0.25, -0.2) is 0 Å². The Morgan fingerprint density at radius 3 is 2.61 bits per heavy atom. The summed E-state index contributed by atoms with van der Waals surface area (Å²) < 4.78 is 5.52. The van der Waals surface area contributed by atoms with Gasteiger partial charge in [0.15, 0.2) is 6.61 Å². The van der Waals surface area contributed by atoms with Crippen LogP contribution in [0.4, 0.5) is 10.8 Å². The van der Waals surface area contributed by atoms with Gasteiger partial charge in [-0.15, -0.1) is 10.2 Å². The highest BCUT2D eigenvalue weighted by molar-refractivity contribution is 7.18. The molecule has 4 rings (SSSR count). The van der Waals surface area contributed by atoms with E-state index in [-0.39, 0.29) is 18.4 Å². The van der Waals surface area contributed by atoms with Crippen LogP contribution in [0.5, 0.6) is 5.75 Å². The van der Waals surface area contributed by atoms with Crippen LogP contribution in [0, 0.1) is 0 Å². The van der Waals surface area contributed by atoms with Gasteiger partial charge in [0.1, 0.15) is 10.8 Å². The number of aromatic nitrogens is 2. The molecule has 0 spiro atoms. The molecule has 0 atom stereocenters. The lowest BCUT2D eigenvalue weighted by Crippen LogP contribution is -2.23. The molecule has 0 bridgehead atoms. The zero-order valence-electron chi connectivity index (χ0n) is 15.0. The first-order valence-electron chi connectivity index (χ1n) is 8.91. The second-order valence-electron chi connectivity index (χ2n) is 6.26. The number of anilines is 2. The van der Waals surface area contributed by atoms with E-state index in [0.717, 1.165) is 29.2 Å². The van der Waals surface area contributed by atoms with Crippen LogP contribution >= 0.6 is 11.3 Å². The van der Waals surface area contributed by atoms with E-state index in [9.17, 15) is 9.59 Å². The van der Waals surface area contributed by atoms with Crippen molar-refractivity contribution in [2.24, 2.45) is 0 Å². The monoisotopic (exact) mass is 394 g/mol. The number of nitrogens with one attached hydrogen (secondary N) is 1. The van der Waals surface area contributed by atoms with Gasteiger partial charge >= 0.3 is 0 Å². The van der Waals surface area contributed by atoms with Gasteiger partial charge in [-0.05, 0) is 30.7 Å². The summed E-state index contributed by atoms with van der Waals surface area (Å²) in [6.45, 7) is 0.608. The highest BCUT2D eigenvalue weighted by Crippen LogP contribution is 2.26. The van der Waals surface area contributed by atoms with Crippen molar-refractivity contribution in [2.75, 3.05) is 23.4 Å². The number of benzene rings is 2. The summed E-state index contributed by atoms with van der Waals surface area (Å²) in [6, 6.07) is 16.8. The molecule has 0 radical (unpaired) electrons. The first-order valence-corrected chi connectivity index (χ1v) is 9.73. The molecule has 1 fully saturated rings. The topological polar surface area (TPSA) is 84.4 Å². The predicted octanol–water partition coefficient (Wildman–Crippen LogP) is 3.35. The van der Waals surface area contributed by atoms with Gasteiger partial charge in [0.05, 0.1) is 0 Å². The molecular weight excluding hydrogens is 376 g/mol. The summed E-state index contributed by atoms with van der Waals surface area (Å²) in [6.07, 6.45) is 1.48. The van der Waals surface area contributed by atoms with Crippen molar-refractivity contribution < 1.29 is 14.3 Å². The summed E-state index contributed by atoms with van der Waals surface area (Å²) in [7, 11) is 0. The molecule has 8 heteroatoms. The Balaban J connectivity index is 1.30. The van der Waals surface area contributed by atoms with Crippen LogP contribution < -0.4 is 15.0 Å². The highest BCUT2D eigenvalue weighted by Gasteiger charge is 2.21. The number of amides is 2. The van der Waals surface area contributed by atoms with Gasteiger partial charge in [-0.1, -0.05) is 41.7 Å². The Hall–Kier alpha value is -3.26. The molecule has 0 unspecified atom stereocenters. The minimum atomic E-state index is -0.311. The molecule has 142 valence electrons. The number of ether oxygens (including phenoxy) is 1. The van der Waals surface area contributed by atoms with Crippen molar-refractivity contribution in [1.29, 1.82) is 0 Å². The summed E-state index contributed by atoms with van der Waals surface area (Å²) in [5.41, 5.74) is 1.80. The van der Waals surface area contributed by atoms with Crippen LogP contribution in [0.3, 0.4) is 0 Å². The molecule has 1 aromatic heterocycles. The van der Waals surface area contributed by atoms with E-state index in [4.69, 9.17) is 4.74 Å². The summed E-state index contributed by atoms with van der Waals surface area (Å²) in [4.78, 5) is 25.6. The van der Waals surface area contributed by atoms with Crippen molar-refractivity contribution in [1.82, 2.24) is 10.2 Å². The Morgan fingerprint density at radius 1 is 1.11 bits per heavy atom. The quantitative estimate of drug-likeness (QED) is 0.693. The van der Waals surface area contributed by atoms with E-state index in [1.54, 1.807) is 17.0 Å². The van der Waals surface area contributed by atoms with Crippen LogP contribution in [0.15, 0.2) is 54.6 Å². The van der Waals surface area contributed by atoms with Gasteiger partial charge in [0.25, 0.3) is 5.91 Å². The van der Waals surface area contributed by atoms with E-state index >= 15 is 0 Å². The maximum atomic E-state index is 12.1. The predicted molar refractivity (Wildman–Crippen MR) is 107 cm³/mol. The van der Waals surface area contributed by atoms with Gasteiger partial charge in [0, 0.05) is 24.2 Å². The lowest BCUT2D eigenvalue weighted by Gasteiger charge is -2.16. The average Bonchev–Trinajstić information content (AvgIpc) is 3.36. The molecule has 1 saturated heterocycles. The van der Waals surface area contributed by atoms with Crippen molar-refractivity contribution in [3.63, 3.8) is 0 Å². The van der Waals surface area contributed by atoms with E-state index in [1.165, 1.54) is 11.3 Å². The molecule has 1 aliphatic heterocycles. The van der Waals surface area contributed by atoms with Crippen molar-refractivity contribution in [2.45, 2.75) is 12.8 Å². The Labute approximate surface area is 166 Å². The molecule has 1 aliphatic rings. The largest absolute Gasteiger partial charge is 0.484 e. The highest BCUT2D eigenvalue weighted by atomic mass is 32.1. The van der Waals surface area contributed by atoms with E-state index < -0.39 is 0 Å². The molecule has 3 aromatic rings. The van der Waals surface area contributed by atoms with Gasteiger partial charge in [-0.3, -0.25) is 14.9 Å². The molecular formula is C20H18N4O3S. The molecule has 2 amide bonds. The molecule has 28 heavy (non-hydrogen) atoms. The number of hydrogen-bond donors (Lipinski definition) is 1. The number of nitrogens with zero attached hydrogens (tertiary/aromatic N) is 3. The number of hydrogen-bond acceptors (Lipinski definition) is 6. The zero-order chi connectivity index (χ0) is 19.3. The second kappa shape index (κ2) is 8.18. The van der Waals surface area contributed by atoms with Gasteiger partial charge < -0.3 is 9.64 Å². The van der Waals surface area contributed by atoms with Crippen LogP contribution in [-0.2, 0) is 9.59 Å². The Morgan fingerprint density at radius 2 is 1.89 bits per heavy atom. The minimum absolute atomic E-state index is 0.137. The fourth-order valence-corrected chi connectivity index (χ4v) is 3.68. The molecule has 0 saturated carbocycles. The molecule has 1 N–H and O–H groups in total. The van der Waals surface area contributed by atoms with E-state index in [1.807, 2.05) is 42.5 Å². The fraction of sp³-hybridized carbons (Fsp3) is 0.200. The second-order valence-corrected chi connectivity index (χ2v) is 7.24. The maximum absolute atomic E-state index is 12.1. The molecule has 2 heterocycles. The van der Waals surface area contributed by atoms with Crippen molar-refractivity contribution in [3.05, 3.63) is 54.6 Å². The Bertz CT molecular complexity index is 973. The van der Waals surface area contributed by atoms with E-state index in [2.05, 4.69) is 15.5 Å². The third-order valence-corrected chi connectivity index (χ3v) is 5.17. The average molecular weight is 394 g/mol. The van der Waals surface area contributed by atoms with Crippen molar-refractivity contribution >= 4 is 34.0 Å². The van der Waals surface area contributed by atoms with Crippen molar-refractivity contribution in [3.8, 4) is 16.3 Å². The Kier molecular flexibility index (Phi) is 5.29. The van der Waals surface area contributed by atoms with Crippen LogP contribution in [-0.4, -0.2) is 35.2 Å². The van der Waals surface area contributed by atoms with Gasteiger partial charge in [-0.2, -0.15) is 0 Å². The lowest BCUT2D eigenvalue weighted by molar-refractivity contribution is -0.118. The zero-order valence-corrected chi connectivity index (χ0v) is 15.8. The molecule has 0 aliphatic carbocycles. The maximum Gasteiger partial charge on any atom is 0.264 e. The number of rotatable bonds is 6. The van der Waals surface area contributed by atoms with Crippen LogP contribution in [0.2, 0.25) is 0 Å². The van der Waals surface area contributed by atoms with Gasteiger partial charge in [0.2, 0.25) is 11.0 Å². The first kappa shape index (κ1) is 18.1. The number of carbonyl (C=O) groups excluding carboxylic acids is 2. The normalized spacial score (nSPS) is 13.6. The summed E-state index contributed by atoms with van der Waals surface area (Å²) in [5.74, 6) is 0.391. The molecule has 7 nitrogen and oxygen atoms in total.